The molecule has 1 aromatic carbocycles. The van der Waals surface area contributed by atoms with Crippen LogP contribution in [0, 0.1) is 11.3 Å². The van der Waals surface area contributed by atoms with Gasteiger partial charge in [0.15, 0.2) is 0 Å². The second-order valence-electron chi connectivity index (χ2n) is 5.18. The first-order valence-electron chi connectivity index (χ1n) is 6.76. The maximum atomic E-state index is 12.8. The van der Waals surface area contributed by atoms with E-state index in [1.807, 2.05) is 22.9 Å². The van der Waals surface area contributed by atoms with E-state index in [-0.39, 0.29) is 5.91 Å². The van der Waals surface area contributed by atoms with Gasteiger partial charge in [0.1, 0.15) is 11.8 Å². The summed E-state index contributed by atoms with van der Waals surface area (Å²) in [5, 5.41) is 9.18. The van der Waals surface area contributed by atoms with Crippen LogP contribution in [0.2, 0.25) is 0 Å². The second kappa shape index (κ2) is 5.38. The first-order valence-corrected chi connectivity index (χ1v) is 7.55. The maximum absolute atomic E-state index is 12.8. The predicted octanol–water partition coefficient (Wildman–Crippen LogP) is 3.73. The lowest BCUT2D eigenvalue weighted by Crippen LogP contribution is -2.28. The van der Waals surface area contributed by atoms with Crippen molar-refractivity contribution in [2.24, 2.45) is 0 Å². The van der Waals surface area contributed by atoms with Crippen molar-refractivity contribution in [3.05, 3.63) is 52.3 Å². The summed E-state index contributed by atoms with van der Waals surface area (Å²) >= 11 is 3.44. The van der Waals surface area contributed by atoms with E-state index < -0.39 is 0 Å². The van der Waals surface area contributed by atoms with E-state index in [4.69, 9.17) is 0 Å². The lowest BCUT2D eigenvalue weighted by atomic mass is 10.1. The SMILES string of the molecule is CN(C(=O)c1cc(Br)cn1C1CC1)c1ccccc1C#N. The Morgan fingerprint density at radius 3 is 2.81 bits per heavy atom. The first-order chi connectivity index (χ1) is 10.1. The van der Waals surface area contributed by atoms with Crippen molar-refractivity contribution >= 4 is 27.5 Å². The van der Waals surface area contributed by atoms with Crippen LogP contribution in [-0.2, 0) is 0 Å². The molecule has 4 nitrogen and oxygen atoms in total. The van der Waals surface area contributed by atoms with Crippen LogP contribution >= 0.6 is 15.9 Å². The molecule has 0 bridgehead atoms. The largest absolute Gasteiger partial charge is 0.339 e. The van der Waals surface area contributed by atoms with Gasteiger partial charge in [-0.3, -0.25) is 4.79 Å². The monoisotopic (exact) mass is 343 g/mol. The molecule has 3 rings (SSSR count). The van der Waals surface area contributed by atoms with Crippen LogP contribution in [0.15, 0.2) is 41.0 Å². The van der Waals surface area contributed by atoms with E-state index in [1.54, 1.807) is 30.1 Å². The van der Waals surface area contributed by atoms with Gasteiger partial charge in [0.05, 0.1) is 11.3 Å². The Bertz CT molecular complexity index is 740. The molecule has 1 heterocycles. The van der Waals surface area contributed by atoms with Gasteiger partial charge in [-0.2, -0.15) is 5.26 Å². The van der Waals surface area contributed by atoms with Gasteiger partial charge >= 0.3 is 0 Å². The predicted molar refractivity (Wildman–Crippen MR) is 84.3 cm³/mol. The molecule has 0 saturated heterocycles. The van der Waals surface area contributed by atoms with E-state index in [0.29, 0.717) is 23.0 Å². The van der Waals surface area contributed by atoms with Crippen molar-refractivity contribution in [1.82, 2.24) is 4.57 Å². The van der Waals surface area contributed by atoms with Gasteiger partial charge in [-0.05, 0) is 47.0 Å². The molecule has 0 aliphatic heterocycles. The summed E-state index contributed by atoms with van der Waals surface area (Å²) in [5.74, 6) is -0.102. The highest BCUT2D eigenvalue weighted by Gasteiger charge is 2.29. The fourth-order valence-corrected chi connectivity index (χ4v) is 2.85. The summed E-state index contributed by atoms with van der Waals surface area (Å²) in [7, 11) is 1.71. The minimum absolute atomic E-state index is 0.102. The summed E-state index contributed by atoms with van der Waals surface area (Å²) in [5.41, 5.74) is 1.78. The molecule has 0 spiro atoms. The average Bonchev–Trinajstić information content (AvgIpc) is 3.28. The Morgan fingerprint density at radius 1 is 1.43 bits per heavy atom. The van der Waals surface area contributed by atoms with E-state index in [9.17, 15) is 10.1 Å². The topological polar surface area (TPSA) is 49.0 Å². The molecule has 21 heavy (non-hydrogen) atoms. The number of nitriles is 1. The summed E-state index contributed by atoms with van der Waals surface area (Å²) in [6, 6.07) is 11.5. The minimum atomic E-state index is -0.102. The van der Waals surface area contributed by atoms with Crippen LogP contribution in [0.4, 0.5) is 5.69 Å². The molecule has 0 radical (unpaired) electrons. The molecule has 0 N–H and O–H groups in total. The van der Waals surface area contributed by atoms with Crippen molar-refractivity contribution in [3.8, 4) is 6.07 Å². The molecule has 1 saturated carbocycles. The zero-order valence-corrected chi connectivity index (χ0v) is 13.2. The number of hydrogen-bond donors (Lipinski definition) is 0. The normalized spacial score (nSPS) is 13.8. The summed E-state index contributed by atoms with van der Waals surface area (Å²) < 4.78 is 2.93. The van der Waals surface area contributed by atoms with E-state index in [0.717, 1.165) is 17.3 Å². The molecule has 1 aliphatic carbocycles. The first kappa shape index (κ1) is 13.9. The molecular weight excluding hydrogens is 330 g/mol. The van der Waals surface area contributed by atoms with Gasteiger partial charge in [0, 0.05) is 23.8 Å². The Kier molecular flexibility index (Phi) is 3.56. The van der Waals surface area contributed by atoms with Crippen molar-refractivity contribution in [2.45, 2.75) is 18.9 Å². The van der Waals surface area contributed by atoms with Crippen molar-refractivity contribution in [2.75, 3.05) is 11.9 Å². The van der Waals surface area contributed by atoms with E-state index in [1.165, 1.54) is 0 Å². The molecule has 106 valence electrons. The molecule has 1 amide bonds. The van der Waals surface area contributed by atoms with Gasteiger partial charge in [0.25, 0.3) is 5.91 Å². The Morgan fingerprint density at radius 2 is 2.14 bits per heavy atom. The average molecular weight is 344 g/mol. The van der Waals surface area contributed by atoms with Crippen LogP contribution in [-0.4, -0.2) is 17.5 Å². The van der Waals surface area contributed by atoms with Gasteiger partial charge in [-0.25, -0.2) is 0 Å². The Labute approximate surface area is 131 Å². The highest BCUT2D eigenvalue weighted by molar-refractivity contribution is 9.10. The Hall–Kier alpha value is -2.06. The van der Waals surface area contributed by atoms with Crippen molar-refractivity contribution in [1.29, 1.82) is 5.26 Å². The van der Waals surface area contributed by atoms with Gasteiger partial charge in [0.2, 0.25) is 0 Å². The molecule has 0 atom stereocenters. The van der Waals surface area contributed by atoms with Gasteiger partial charge in [-0.1, -0.05) is 12.1 Å². The van der Waals surface area contributed by atoms with Crippen LogP contribution in [0.1, 0.15) is 34.9 Å². The third kappa shape index (κ3) is 2.59. The molecule has 0 unspecified atom stereocenters. The third-order valence-corrected chi connectivity index (χ3v) is 4.10. The second-order valence-corrected chi connectivity index (χ2v) is 6.09. The quantitative estimate of drug-likeness (QED) is 0.852. The summed E-state index contributed by atoms with van der Waals surface area (Å²) in [4.78, 5) is 14.3. The number of aromatic nitrogens is 1. The smallest absolute Gasteiger partial charge is 0.274 e. The van der Waals surface area contributed by atoms with Crippen LogP contribution < -0.4 is 4.90 Å². The lowest BCUT2D eigenvalue weighted by Gasteiger charge is -2.19. The number of hydrogen-bond acceptors (Lipinski definition) is 2. The number of halogens is 1. The number of para-hydroxylation sites is 1. The van der Waals surface area contributed by atoms with Crippen LogP contribution in [0.25, 0.3) is 0 Å². The molecule has 2 aromatic rings. The van der Waals surface area contributed by atoms with Gasteiger partial charge < -0.3 is 9.47 Å². The molecule has 1 aromatic heterocycles. The standard InChI is InChI=1S/C16H14BrN3O/c1-19(14-5-3-2-4-11(14)9-18)16(21)15-8-12(17)10-20(15)13-6-7-13/h2-5,8,10,13H,6-7H2,1H3. The van der Waals surface area contributed by atoms with Gasteiger partial charge in [-0.15, -0.1) is 0 Å². The number of nitrogens with zero attached hydrogens (tertiary/aromatic N) is 3. The van der Waals surface area contributed by atoms with Crippen molar-refractivity contribution < 1.29 is 4.79 Å². The molecule has 5 heteroatoms. The number of rotatable bonds is 3. The van der Waals surface area contributed by atoms with Crippen molar-refractivity contribution in [3.63, 3.8) is 0 Å². The fraction of sp³-hybridized carbons (Fsp3) is 0.250. The minimum Gasteiger partial charge on any atom is -0.339 e. The fourth-order valence-electron chi connectivity index (χ4n) is 2.41. The number of amides is 1. The lowest BCUT2D eigenvalue weighted by molar-refractivity contribution is 0.0984. The zero-order valence-electron chi connectivity index (χ0n) is 11.6. The van der Waals surface area contributed by atoms with E-state index in [2.05, 4.69) is 22.0 Å². The number of carbonyl (C=O) groups is 1. The van der Waals surface area contributed by atoms with Crippen LogP contribution in [0.3, 0.4) is 0 Å². The number of benzene rings is 1. The maximum Gasteiger partial charge on any atom is 0.274 e. The number of carbonyl (C=O) groups excluding carboxylic acids is 1. The number of anilines is 1. The highest BCUT2D eigenvalue weighted by atomic mass is 79.9. The summed E-state index contributed by atoms with van der Waals surface area (Å²) in [6.07, 6.45) is 4.18. The molecule has 1 aliphatic rings. The molecule has 1 fully saturated rings. The zero-order chi connectivity index (χ0) is 15.0. The third-order valence-electron chi connectivity index (χ3n) is 3.67. The molecular formula is C16H14BrN3O. The van der Waals surface area contributed by atoms with Crippen LogP contribution in [0.5, 0.6) is 0 Å². The highest BCUT2D eigenvalue weighted by Crippen LogP contribution is 2.38. The van der Waals surface area contributed by atoms with E-state index >= 15 is 0 Å². The summed E-state index contributed by atoms with van der Waals surface area (Å²) in [6.45, 7) is 0. The Balaban J connectivity index is 1.97.